The monoisotopic (exact) mass is 248 g/mol. The zero-order chi connectivity index (χ0) is 13.1. The van der Waals surface area contributed by atoms with Gasteiger partial charge in [-0.3, -0.25) is 10.1 Å². The van der Waals surface area contributed by atoms with E-state index in [2.05, 4.69) is 10.3 Å². The van der Waals surface area contributed by atoms with Crippen LogP contribution in [0.1, 0.15) is 0 Å². The van der Waals surface area contributed by atoms with Crippen molar-refractivity contribution in [1.82, 2.24) is 4.98 Å². The molecular weight excluding hydrogens is 238 g/mol. The lowest BCUT2D eigenvalue weighted by Crippen LogP contribution is -2.31. The first-order chi connectivity index (χ1) is 7.85. The van der Waals surface area contributed by atoms with Gasteiger partial charge in [-0.2, -0.15) is 0 Å². The van der Waals surface area contributed by atoms with E-state index in [0.717, 1.165) is 12.1 Å². The topological polar surface area (TPSA) is 114 Å². The minimum atomic E-state index is -3.29. The van der Waals surface area contributed by atoms with E-state index in [4.69, 9.17) is 10.8 Å². The van der Waals surface area contributed by atoms with E-state index >= 15 is 0 Å². The Morgan fingerprint density at radius 3 is 2.71 bits per heavy atom. The number of rotatable bonds is 5. The number of nitrogen functional groups attached to an aromatic ring is 1. The SMILES string of the molecule is Nc1nc(NCC(F)(F)CO)ccc1[N+](=O)[O-]. The highest BCUT2D eigenvalue weighted by Crippen LogP contribution is 2.21. The third-order valence-corrected chi connectivity index (χ3v) is 1.86. The lowest BCUT2D eigenvalue weighted by molar-refractivity contribution is -0.384. The number of halogens is 2. The highest BCUT2D eigenvalue weighted by molar-refractivity contribution is 5.57. The molecule has 0 saturated carbocycles. The molecule has 0 aliphatic rings. The second-order valence-electron chi connectivity index (χ2n) is 3.23. The molecule has 1 heterocycles. The van der Waals surface area contributed by atoms with E-state index < -0.39 is 29.7 Å². The van der Waals surface area contributed by atoms with Crippen molar-refractivity contribution in [3.8, 4) is 0 Å². The molecule has 0 spiro atoms. The molecule has 0 fully saturated rings. The standard InChI is InChI=1S/C8H10F2N4O3/c9-8(10,4-15)3-12-6-2-1-5(14(16)17)7(11)13-6/h1-2,15H,3-4H2,(H3,11,12,13). The van der Waals surface area contributed by atoms with Crippen molar-refractivity contribution in [1.29, 1.82) is 0 Å². The van der Waals surface area contributed by atoms with Crippen LogP contribution >= 0.6 is 0 Å². The summed E-state index contributed by atoms with van der Waals surface area (Å²) in [5, 5.41) is 20.9. The molecule has 0 aromatic carbocycles. The highest BCUT2D eigenvalue weighted by atomic mass is 19.3. The van der Waals surface area contributed by atoms with Crippen LogP contribution in [0.2, 0.25) is 0 Å². The summed E-state index contributed by atoms with van der Waals surface area (Å²) < 4.78 is 25.3. The van der Waals surface area contributed by atoms with Crippen LogP contribution in [0.5, 0.6) is 0 Å². The fraction of sp³-hybridized carbons (Fsp3) is 0.375. The molecular formula is C8H10F2N4O3. The quantitative estimate of drug-likeness (QED) is 0.519. The molecule has 17 heavy (non-hydrogen) atoms. The van der Waals surface area contributed by atoms with Gasteiger partial charge in [0.25, 0.3) is 5.92 Å². The van der Waals surface area contributed by atoms with E-state index in [-0.39, 0.29) is 11.6 Å². The smallest absolute Gasteiger partial charge is 0.311 e. The van der Waals surface area contributed by atoms with Gasteiger partial charge in [0.15, 0.2) is 0 Å². The van der Waals surface area contributed by atoms with Crippen molar-refractivity contribution in [2.75, 3.05) is 24.2 Å². The molecule has 4 N–H and O–H groups in total. The van der Waals surface area contributed by atoms with Crippen LogP contribution in [-0.2, 0) is 0 Å². The van der Waals surface area contributed by atoms with Gasteiger partial charge in [-0.15, -0.1) is 0 Å². The van der Waals surface area contributed by atoms with Crippen molar-refractivity contribution in [2.24, 2.45) is 0 Å². The summed E-state index contributed by atoms with van der Waals surface area (Å²) in [5.41, 5.74) is 4.87. The van der Waals surface area contributed by atoms with E-state index in [0.29, 0.717) is 0 Å². The molecule has 94 valence electrons. The summed E-state index contributed by atoms with van der Waals surface area (Å²) in [6.45, 7) is -2.14. The van der Waals surface area contributed by atoms with Crippen LogP contribution < -0.4 is 11.1 Å². The van der Waals surface area contributed by atoms with Gasteiger partial charge in [0.2, 0.25) is 5.82 Å². The van der Waals surface area contributed by atoms with Gasteiger partial charge in [0.05, 0.1) is 11.5 Å². The first kappa shape index (κ1) is 13.0. The number of anilines is 2. The van der Waals surface area contributed by atoms with Crippen LogP contribution in [0.4, 0.5) is 26.1 Å². The Bertz CT molecular complexity index is 427. The van der Waals surface area contributed by atoms with Crippen LogP contribution in [-0.4, -0.2) is 34.1 Å². The summed E-state index contributed by atoms with van der Waals surface area (Å²) >= 11 is 0. The van der Waals surface area contributed by atoms with E-state index in [1.165, 1.54) is 0 Å². The minimum absolute atomic E-state index is 0.0266. The van der Waals surface area contributed by atoms with Gasteiger partial charge in [-0.1, -0.05) is 0 Å². The number of alkyl halides is 2. The molecule has 0 bridgehead atoms. The highest BCUT2D eigenvalue weighted by Gasteiger charge is 2.27. The Hall–Kier alpha value is -2.03. The molecule has 0 radical (unpaired) electrons. The third-order valence-electron chi connectivity index (χ3n) is 1.86. The number of nitro groups is 1. The number of aliphatic hydroxyl groups excluding tert-OH is 1. The van der Waals surface area contributed by atoms with Gasteiger partial charge in [0.1, 0.15) is 12.4 Å². The summed E-state index contributed by atoms with van der Waals surface area (Å²) in [6.07, 6.45) is 0. The Balaban J connectivity index is 2.75. The molecule has 9 heteroatoms. The van der Waals surface area contributed by atoms with Crippen molar-refractivity contribution >= 4 is 17.3 Å². The van der Waals surface area contributed by atoms with E-state index in [1.54, 1.807) is 0 Å². The largest absolute Gasteiger partial charge is 0.390 e. The predicted molar refractivity (Wildman–Crippen MR) is 55.8 cm³/mol. The second kappa shape index (κ2) is 4.87. The Morgan fingerprint density at radius 2 is 2.24 bits per heavy atom. The number of aromatic nitrogens is 1. The number of hydrogen-bond acceptors (Lipinski definition) is 6. The molecule has 0 aliphatic heterocycles. The van der Waals surface area contributed by atoms with Crippen molar-refractivity contribution in [3.63, 3.8) is 0 Å². The number of hydrogen-bond donors (Lipinski definition) is 3. The number of nitrogens with two attached hydrogens (primary N) is 1. The minimum Gasteiger partial charge on any atom is -0.390 e. The summed E-state index contributed by atoms with van der Waals surface area (Å²) in [6, 6.07) is 2.21. The first-order valence-corrected chi connectivity index (χ1v) is 4.49. The maximum Gasteiger partial charge on any atom is 0.311 e. The molecule has 0 amide bonds. The number of aliphatic hydroxyl groups is 1. The van der Waals surface area contributed by atoms with Crippen molar-refractivity contribution in [3.05, 3.63) is 22.2 Å². The fourth-order valence-electron chi connectivity index (χ4n) is 0.996. The van der Waals surface area contributed by atoms with E-state index in [9.17, 15) is 18.9 Å². The van der Waals surface area contributed by atoms with E-state index in [1.807, 2.05) is 0 Å². The summed E-state index contributed by atoms with van der Waals surface area (Å²) in [4.78, 5) is 13.2. The zero-order valence-corrected chi connectivity index (χ0v) is 8.56. The Labute approximate surface area is 94.4 Å². The summed E-state index contributed by atoms with van der Waals surface area (Å²) in [5.74, 6) is -3.69. The van der Waals surface area contributed by atoms with Gasteiger partial charge in [-0.05, 0) is 6.07 Å². The van der Waals surface area contributed by atoms with Crippen LogP contribution in [0.15, 0.2) is 12.1 Å². The maximum absolute atomic E-state index is 12.7. The fourth-order valence-corrected chi connectivity index (χ4v) is 0.996. The molecule has 0 aliphatic carbocycles. The molecule has 0 saturated heterocycles. The number of nitrogens with one attached hydrogen (secondary N) is 1. The lowest BCUT2D eigenvalue weighted by Gasteiger charge is -2.14. The lowest BCUT2D eigenvalue weighted by atomic mass is 10.3. The van der Waals surface area contributed by atoms with Crippen LogP contribution in [0, 0.1) is 10.1 Å². The van der Waals surface area contributed by atoms with Gasteiger partial charge < -0.3 is 16.2 Å². The van der Waals surface area contributed by atoms with Crippen molar-refractivity contribution < 1.29 is 18.8 Å². The molecule has 0 unspecified atom stereocenters. The average Bonchev–Trinajstić information content (AvgIpc) is 2.26. The molecule has 1 aromatic rings. The summed E-state index contributed by atoms with van der Waals surface area (Å²) in [7, 11) is 0. The van der Waals surface area contributed by atoms with Crippen LogP contribution in [0.3, 0.4) is 0 Å². The molecule has 1 aromatic heterocycles. The molecule has 0 atom stereocenters. The normalized spacial score (nSPS) is 11.2. The molecule has 1 rings (SSSR count). The average molecular weight is 248 g/mol. The number of nitrogens with zero attached hydrogens (tertiary/aromatic N) is 2. The van der Waals surface area contributed by atoms with Gasteiger partial charge in [0, 0.05) is 6.07 Å². The second-order valence-corrected chi connectivity index (χ2v) is 3.23. The Kier molecular flexibility index (Phi) is 3.73. The van der Waals surface area contributed by atoms with Crippen molar-refractivity contribution in [2.45, 2.75) is 5.92 Å². The predicted octanol–water partition coefficient (Wildman–Crippen LogP) is 0.611. The third kappa shape index (κ3) is 3.48. The van der Waals surface area contributed by atoms with Gasteiger partial charge in [-0.25, -0.2) is 13.8 Å². The zero-order valence-electron chi connectivity index (χ0n) is 8.56. The van der Waals surface area contributed by atoms with Gasteiger partial charge >= 0.3 is 5.69 Å². The first-order valence-electron chi connectivity index (χ1n) is 4.49. The van der Waals surface area contributed by atoms with Crippen LogP contribution in [0.25, 0.3) is 0 Å². The molecule has 7 nitrogen and oxygen atoms in total. The number of pyridine rings is 1. The Morgan fingerprint density at radius 1 is 1.59 bits per heavy atom. The maximum atomic E-state index is 12.7.